The van der Waals surface area contributed by atoms with E-state index in [1.54, 1.807) is 39.8 Å². The summed E-state index contributed by atoms with van der Waals surface area (Å²) in [5.41, 5.74) is 0.605. The lowest BCUT2D eigenvalue weighted by Crippen LogP contribution is -2.36. The Morgan fingerprint density at radius 2 is 1.84 bits per heavy atom. The Morgan fingerprint density at radius 3 is 2.48 bits per heavy atom. The van der Waals surface area contributed by atoms with E-state index in [1.165, 1.54) is 6.07 Å². The number of amides is 1. The maximum Gasteiger partial charge on any atom is 0.408 e. The van der Waals surface area contributed by atoms with Crippen molar-refractivity contribution in [2.45, 2.75) is 40.2 Å². The molecule has 1 aromatic heterocycles. The lowest BCUT2D eigenvalue weighted by molar-refractivity contribution is -0.133. The van der Waals surface area contributed by atoms with Gasteiger partial charge in [-0.3, -0.25) is 0 Å². The number of fused-ring (bicyclic) bond motifs is 1. The average molecular weight is 347 g/mol. The van der Waals surface area contributed by atoms with Gasteiger partial charge in [0, 0.05) is 17.0 Å². The number of hydrogen-bond donors (Lipinski definition) is 1. The summed E-state index contributed by atoms with van der Waals surface area (Å²) in [5.74, 6) is -0.453. The minimum absolute atomic E-state index is 0.217. The molecule has 0 aliphatic heterocycles. The molecule has 1 amide bonds. The molecule has 134 valence electrons. The second-order valence-corrected chi connectivity index (χ2v) is 6.63. The Bertz CT molecular complexity index is 875. The minimum Gasteiger partial charge on any atom is -0.444 e. The van der Waals surface area contributed by atoms with E-state index in [0.717, 1.165) is 10.9 Å². The number of ether oxygens (including phenoxy) is 2. The van der Waals surface area contributed by atoms with Gasteiger partial charge in [0.05, 0.1) is 0 Å². The lowest BCUT2D eigenvalue weighted by atomic mass is 10.1. The van der Waals surface area contributed by atoms with Crippen LogP contribution in [0.15, 0.2) is 27.4 Å². The van der Waals surface area contributed by atoms with E-state index in [1.807, 2.05) is 6.92 Å². The van der Waals surface area contributed by atoms with Crippen LogP contribution in [0.4, 0.5) is 4.79 Å². The molecule has 0 unspecified atom stereocenters. The van der Waals surface area contributed by atoms with Gasteiger partial charge < -0.3 is 19.2 Å². The smallest absolute Gasteiger partial charge is 0.408 e. The summed E-state index contributed by atoms with van der Waals surface area (Å²) in [6.45, 7) is 8.33. The van der Waals surface area contributed by atoms with Crippen molar-refractivity contribution in [3.63, 3.8) is 0 Å². The van der Waals surface area contributed by atoms with Crippen molar-refractivity contribution in [3.05, 3.63) is 39.7 Å². The first-order valence-corrected chi connectivity index (χ1v) is 7.78. The summed E-state index contributed by atoms with van der Waals surface area (Å²) in [7, 11) is 0. The van der Waals surface area contributed by atoms with E-state index < -0.39 is 23.3 Å². The van der Waals surface area contributed by atoms with Gasteiger partial charge in [-0.2, -0.15) is 0 Å². The maximum atomic E-state index is 11.8. The molecule has 0 radical (unpaired) electrons. The average Bonchev–Trinajstić information content (AvgIpc) is 2.49. The highest BCUT2D eigenvalue weighted by atomic mass is 16.6. The number of rotatable bonds is 3. The minimum atomic E-state index is -0.708. The molecule has 25 heavy (non-hydrogen) atoms. The van der Waals surface area contributed by atoms with Crippen LogP contribution in [0.2, 0.25) is 0 Å². The van der Waals surface area contributed by atoms with Gasteiger partial charge in [0.1, 0.15) is 23.5 Å². The molecule has 0 spiro atoms. The second-order valence-electron chi connectivity index (χ2n) is 6.63. The number of nitrogens with one attached hydrogen (secondary N) is 1. The second kappa shape index (κ2) is 6.96. The first kappa shape index (κ1) is 18.5. The van der Waals surface area contributed by atoms with E-state index in [4.69, 9.17) is 13.9 Å². The maximum absolute atomic E-state index is 11.8. The first-order valence-electron chi connectivity index (χ1n) is 7.78. The van der Waals surface area contributed by atoms with E-state index in [2.05, 4.69) is 5.32 Å². The molecule has 7 nitrogen and oxygen atoms in total. The van der Waals surface area contributed by atoms with Gasteiger partial charge in [-0.1, -0.05) is 0 Å². The molecule has 0 saturated heterocycles. The topological polar surface area (TPSA) is 94.8 Å². The quantitative estimate of drug-likeness (QED) is 0.521. The zero-order chi connectivity index (χ0) is 18.8. The molecule has 1 heterocycles. The number of esters is 1. The highest BCUT2D eigenvalue weighted by molar-refractivity contribution is 5.84. The fraction of sp³-hybridized carbons (Fsp3) is 0.389. The summed E-state index contributed by atoms with van der Waals surface area (Å²) in [5, 5.41) is 3.08. The van der Waals surface area contributed by atoms with E-state index >= 15 is 0 Å². The van der Waals surface area contributed by atoms with Crippen molar-refractivity contribution in [2.75, 3.05) is 6.54 Å². The van der Waals surface area contributed by atoms with Crippen LogP contribution >= 0.6 is 0 Å². The molecule has 0 bridgehead atoms. The Balaban J connectivity index is 2.05. The first-order chi connectivity index (χ1) is 11.6. The Morgan fingerprint density at radius 1 is 1.16 bits per heavy atom. The molecule has 1 aromatic carbocycles. The molecule has 1 N–H and O–H groups in total. The van der Waals surface area contributed by atoms with Crippen molar-refractivity contribution in [3.8, 4) is 5.75 Å². The highest BCUT2D eigenvalue weighted by Crippen LogP contribution is 2.23. The molecule has 0 atom stereocenters. The number of benzene rings is 1. The van der Waals surface area contributed by atoms with Crippen molar-refractivity contribution >= 4 is 23.0 Å². The third-order valence-corrected chi connectivity index (χ3v) is 3.44. The molecule has 0 aliphatic carbocycles. The van der Waals surface area contributed by atoms with E-state index in [0.29, 0.717) is 11.1 Å². The summed E-state index contributed by atoms with van der Waals surface area (Å²) < 4.78 is 15.4. The van der Waals surface area contributed by atoms with Crippen molar-refractivity contribution in [1.82, 2.24) is 5.32 Å². The van der Waals surface area contributed by atoms with Crippen molar-refractivity contribution in [1.29, 1.82) is 0 Å². The fourth-order valence-corrected chi connectivity index (χ4v) is 2.12. The SMILES string of the molecule is Cc1c(C)c2ccc(OC(=O)CNC(=O)OC(C)(C)C)cc2oc1=O. The van der Waals surface area contributed by atoms with Crippen molar-refractivity contribution in [2.24, 2.45) is 0 Å². The van der Waals surface area contributed by atoms with Crippen LogP contribution in [0, 0.1) is 13.8 Å². The molecule has 0 saturated carbocycles. The van der Waals surface area contributed by atoms with Crippen LogP contribution in [0.3, 0.4) is 0 Å². The summed E-state index contributed by atoms with van der Waals surface area (Å²) >= 11 is 0. The standard InChI is InChI=1S/C18H21NO6/c1-10-11(2)16(21)24-14-8-12(6-7-13(10)14)23-15(20)9-19-17(22)25-18(3,4)5/h6-8H,9H2,1-5H3,(H,19,22). The van der Waals surface area contributed by atoms with Crippen LogP contribution in [-0.2, 0) is 9.53 Å². The normalized spacial score (nSPS) is 11.2. The number of carbonyl (C=O) groups excluding carboxylic acids is 2. The number of carbonyl (C=O) groups is 2. The number of aryl methyl sites for hydroxylation is 1. The molecule has 0 aliphatic rings. The van der Waals surface area contributed by atoms with Crippen LogP contribution in [-0.4, -0.2) is 24.2 Å². The lowest BCUT2D eigenvalue weighted by Gasteiger charge is -2.19. The Labute approximate surface area is 144 Å². The highest BCUT2D eigenvalue weighted by Gasteiger charge is 2.17. The van der Waals surface area contributed by atoms with Gasteiger partial charge in [0.25, 0.3) is 0 Å². The summed E-state index contributed by atoms with van der Waals surface area (Å²) in [4.78, 5) is 35.1. The predicted octanol–water partition coefficient (Wildman–Crippen LogP) is 2.84. The third-order valence-electron chi connectivity index (χ3n) is 3.44. The summed E-state index contributed by atoms with van der Waals surface area (Å²) in [6.07, 6.45) is -0.708. The zero-order valence-corrected chi connectivity index (χ0v) is 14.9. The molecule has 2 aromatic rings. The molecular formula is C18H21NO6. The Kier molecular flexibility index (Phi) is 5.15. The van der Waals surface area contributed by atoms with Gasteiger partial charge in [-0.25, -0.2) is 14.4 Å². The van der Waals surface area contributed by atoms with Crippen LogP contribution < -0.4 is 15.7 Å². The van der Waals surface area contributed by atoms with Gasteiger partial charge in [0.2, 0.25) is 0 Å². The van der Waals surface area contributed by atoms with Gasteiger partial charge in [0.15, 0.2) is 0 Å². The van der Waals surface area contributed by atoms with Crippen LogP contribution in [0.5, 0.6) is 5.75 Å². The molecule has 2 rings (SSSR count). The van der Waals surface area contributed by atoms with Gasteiger partial charge in [-0.05, 0) is 52.3 Å². The van der Waals surface area contributed by atoms with Crippen LogP contribution in [0.1, 0.15) is 31.9 Å². The van der Waals surface area contributed by atoms with Gasteiger partial charge >= 0.3 is 17.7 Å². The fourth-order valence-electron chi connectivity index (χ4n) is 2.12. The van der Waals surface area contributed by atoms with Crippen molar-refractivity contribution < 1.29 is 23.5 Å². The molecule has 7 heteroatoms. The largest absolute Gasteiger partial charge is 0.444 e. The summed E-state index contributed by atoms with van der Waals surface area (Å²) in [6, 6.07) is 4.78. The number of alkyl carbamates (subject to hydrolysis) is 1. The van der Waals surface area contributed by atoms with Gasteiger partial charge in [-0.15, -0.1) is 0 Å². The zero-order valence-electron chi connectivity index (χ0n) is 14.9. The van der Waals surface area contributed by atoms with Crippen LogP contribution in [0.25, 0.3) is 11.0 Å². The predicted molar refractivity (Wildman–Crippen MR) is 91.8 cm³/mol. The third kappa shape index (κ3) is 4.82. The molecule has 0 fully saturated rings. The van der Waals surface area contributed by atoms with E-state index in [-0.39, 0.29) is 12.3 Å². The molecular weight excluding hydrogens is 326 g/mol. The monoisotopic (exact) mass is 347 g/mol. The Hall–Kier alpha value is -2.83. The van der Waals surface area contributed by atoms with E-state index in [9.17, 15) is 14.4 Å². The number of hydrogen-bond acceptors (Lipinski definition) is 6.